The first-order chi connectivity index (χ1) is 15.2. The Bertz CT molecular complexity index is 1170. The van der Waals surface area contributed by atoms with E-state index in [0.717, 1.165) is 12.1 Å². The number of nitrogens with zero attached hydrogens (tertiary/aromatic N) is 2. The van der Waals surface area contributed by atoms with Gasteiger partial charge in [-0.2, -0.15) is 13.2 Å². The van der Waals surface area contributed by atoms with E-state index in [1.54, 1.807) is 43.1 Å². The zero-order valence-electron chi connectivity index (χ0n) is 17.3. The minimum Gasteiger partial charge on any atom is -0.462 e. The average molecular weight is 443 g/mol. The second-order valence-corrected chi connectivity index (χ2v) is 7.43. The van der Waals surface area contributed by atoms with E-state index in [-0.39, 0.29) is 23.5 Å². The number of Topliss-reactive ketones (excluding diaryl/α,β-unsaturated/α-hetero) is 1. The van der Waals surface area contributed by atoms with Crippen LogP contribution in [-0.4, -0.2) is 27.9 Å². The Hall–Kier alpha value is -3.62. The van der Waals surface area contributed by atoms with E-state index in [1.807, 2.05) is 0 Å². The molecule has 0 aliphatic carbocycles. The van der Waals surface area contributed by atoms with Crippen LogP contribution in [0.15, 0.2) is 54.9 Å². The number of esters is 1. The Labute approximate surface area is 182 Å². The minimum absolute atomic E-state index is 0.131. The highest BCUT2D eigenvalue weighted by Crippen LogP contribution is 2.43. The Kier molecular flexibility index (Phi) is 5.50. The Morgan fingerprint density at radius 1 is 1.19 bits per heavy atom. The fourth-order valence-corrected chi connectivity index (χ4v) is 3.97. The van der Waals surface area contributed by atoms with E-state index < -0.39 is 29.7 Å². The SMILES string of the molecule is CCOC(=O)c1cccc2c1C(=O)[C@H](c1nccn1C)[C@@H](c1ccc(C(F)(F)F)cc1)N2. The maximum absolute atomic E-state index is 13.7. The van der Waals surface area contributed by atoms with Crippen LogP contribution in [0, 0.1) is 0 Å². The van der Waals surface area contributed by atoms with Crippen molar-refractivity contribution in [3.05, 3.63) is 82.9 Å². The van der Waals surface area contributed by atoms with E-state index >= 15 is 0 Å². The molecule has 166 valence electrons. The molecule has 1 aliphatic heterocycles. The molecule has 0 saturated carbocycles. The lowest BCUT2D eigenvalue weighted by Crippen LogP contribution is -2.34. The van der Waals surface area contributed by atoms with E-state index in [4.69, 9.17) is 4.74 Å². The van der Waals surface area contributed by atoms with Crippen LogP contribution in [0.2, 0.25) is 0 Å². The molecular weight excluding hydrogens is 423 g/mol. The molecule has 0 saturated heterocycles. The third kappa shape index (κ3) is 3.74. The number of aryl methyl sites for hydroxylation is 1. The van der Waals surface area contributed by atoms with Gasteiger partial charge in [0.1, 0.15) is 11.7 Å². The molecule has 9 heteroatoms. The normalized spacial score (nSPS) is 18.1. The number of nitrogens with one attached hydrogen (secondary N) is 1. The maximum Gasteiger partial charge on any atom is 0.416 e. The molecule has 4 rings (SSSR count). The van der Waals surface area contributed by atoms with Crippen molar-refractivity contribution in [3.8, 4) is 0 Å². The lowest BCUT2D eigenvalue weighted by Gasteiger charge is -2.34. The van der Waals surface area contributed by atoms with E-state index in [9.17, 15) is 22.8 Å². The van der Waals surface area contributed by atoms with Gasteiger partial charge in [-0.15, -0.1) is 0 Å². The van der Waals surface area contributed by atoms with Gasteiger partial charge in [-0.3, -0.25) is 4.79 Å². The summed E-state index contributed by atoms with van der Waals surface area (Å²) in [6.45, 7) is 1.83. The lowest BCUT2D eigenvalue weighted by atomic mass is 9.80. The largest absolute Gasteiger partial charge is 0.462 e. The van der Waals surface area contributed by atoms with Crippen molar-refractivity contribution >= 4 is 17.4 Å². The summed E-state index contributed by atoms with van der Waals surface area (Å²) in [6.07, 6.45) is -1.24. The molecule has 3 aromatic rings. The summed E-state index contributed by atoms with van der Waals surface area (Å²) >= 11 is 0. The zero-order valence-corrected chi connectivity index (χ0v) is 17.3. The van der Waals surface area contributed by atoms with Gasteiger partial charge in [-0.1, -0.05) is 18.2 Å². The second-order valence-electron chi connectivity index (χ2n) is 7.43. The van der Waals surface area contributed by atoms with Crippen molar-refractivity contribution in [2.24, 2.45) is 7.05 Å². The molecule has 2 atom stereocenters. The van der Waals surface area contributed by atoms with Crippen LogP contribution in [0.25, 0.3) is 0 Å². The fourth-order valence-electron chi connectivity index (χ4n) is 3.97. The molecular formula is C23H20F3N3O3. The van der Waals surface area contributed by atoms with Gasteiger partial charge in [0.15, 0.2) is 5.78 Å². The summed E-state index contributed by atoms with van der Waals surface area (Å²) in [5.74, 6) is -1.42. The molecule has 2 aromatic carbocycles. The van der Waals surface area contributed by atoms with Gasteiger partial charge < -0.3 is 14.6 Å². The average Bonchev–Trinajstić information content (AvgIpc) is 3.18. The first-order valence-electron chi connectivity index (χ1n) is 9.97. The number of carbonyl (C=O) groups excluding carboxylic acids is 2. The molecule has 2 heterocycles. The number of benzene rings is 2. The topological polar surface area (TPSA) is 73.2 Å². The number of hydrogen-bond acceptors (Lipinski definition) is 5. The van der Waals surface area contributed by atoms with Gasteiger partial charge in [0.2, 0.25) is 0 Å². The number of imidazole rings is 1. The second kappa shape index (κ2) is 8.14. The fraction of sp³-hybridized carbons (Fsp3) is 0.261. The smallest absolute Gasteiger partial charge is 0.416 e. The number of aromatic nitrogens is 2. The van der Waals surface area contributed by atoms with Gasteiger partial charge in [0.25, 0.3) is 0 Å². The van der Waals surface area contributed by atoms with Crippen LogP contribution in [0.1, 0.15) is 56.6 Å². The third-order valence-electron chi connectivity index (χ3n) is 5.47. The monoisotopic (exact) mass is 443 g/mol. The summed E-state index contributed by atoms with van der Waals surface area (Å²) in [5, 5.41) is 3.24. The van der Waals surface area contributed by atoms with Crippen molar-refractivity contribution in [3.63, 3.8) is 0 Å². The highest BCUT2D eigenvalue weighted by molar-refractivity contribution is 6.14. The van der Waals surface area contributed by atoms with Gasteiger partial charge in [0.05, 0.1) is 29.3 Å². The van der Waals surface area contributed by atoms with Crippen molar-refractivity contribution in [2.45, 2.75) is 25.1 Å². The predicted octanol–water partition coefficient (Wildman–Crippen LogP) is 4.75. The van der Waals surface area contributed by atoms with E-state index in [1.165, 1.54) is 18.2 Å². The number of ketones is 1. The zero-order chi connectivity index (χ0) is 23.0. The van der Waals surface area contributed by atoms with Crippen molar-refractivity contribution in [2.75, 3.05) is 11.9 Å². The standard InChI is InChI=1S/C23H20F3N3O3/c1-3-32-22(31)15-5-4-6-16-17(15)20(30)18(21-27-11-12-29(21)2)19(28-16)13-7-9-14(10-8-13)23(24,25)26/h4-12,18-19,28H,3H2,1-2H3/t18-,19-/m1/s1. The highest BCUT2D eigenvalue weighted by atomic mass is 19.4. The molecule has 0 spiro atoms. The van der Waals surface area contributed by atoms with Crippen LogP contribution in [-0.2, 0) is 18.0 Å². The highest BCUT2D eigenvalue weighted by Gasteiger charge is 2.42. The van der Waals surface area contributed by atoms with Gasteiger partial charge in [-0.05, 0) is 36.8 Å². The Balaban J connectivity index is 1.85. The van der Waals surface area contributed by atoms with Crippen molar-refractivity contribution in [1.82, 2.24) is 9.55 Å². The lowest BCUT2D eigenvalue weighted by molar-refractivity contribution is -0.137. The molecule has 1 aliphatic rings. The van der Waals surface area contributed by atoms with E-state index in [0.29, 0.717) is 17.1 Å². The third-order valence-corrected chi connectivity index (χ3v) is 5.47. The molecule has 0 bridgehead atoms. The summed E-state index contributed by atoms with van der Waals surface area (Å²) in [5.41, 5.74) is 0.443. The number of ether oxygens (including phenoxy) is 1. The number of hydrogen-bond donors (Lipinski definition) is 1. The van der Waals surface area contributed by atoms with Gasteiger partial charge >= 0.3 is 12.1 Å². The molecule has 0 amide bonds. The number of alkyl halides is 3. The van der Waals surface area contributed by atoms with Gasteiger partial charge in [-0.25, -0.2) is 9.78 Å². The molecule has 1 aromatic heterocycles. The quantitative estimate of drug-likeness (QED) is 0.590. The molecule has 0 fully saturated rings. The Morgan fingerprint density at radius 3 is 2.50 bits per heavy atom. The number of anilines is 1. The van der Waals surface area contributed by atoms with Crippen LogP contribution in [0.3, 0.4) is 0 Å². The molecule has 0 radical (unpaired) electrons. The molecule has 1 N–H and O–H groups in total. The summed E-state index contributed by atoms with van der Waals surface area (Å²) in [6, 6.07) is 8.79. The molecule has 6 nitrogen and oxygen atoms in total. The number of fused-ring (bicyclic) bond motifs is 1. The molecule has 32 heavy (non-hydrogen) atoms. The van der Waals surface area contributed by atoms with Crippen LogP contribution in [0.4, 0.5) is 18.9 Å². The Morgan fingerprint density at radius 2 is 1.91 bits per heavy atom. The van der Waals surface area contributed by atoms with Crippen molar-refractivity contribution < 1.29 is 27.5 Å². The summed E-state index contributed by atoms with van der Waals surface area (Å²) < 4.78 is 45.9. The van der Waals surface area contributed by atoms with E-state index in [2.05, 4.69) is 10.3 Å². The number of halogens is 3. The van der Waals surface area contributed by atoms with Gasteiger partial charge in [0, 0.05) is 25.1 Å². The first kappa shape index (κ1) is 21.6. The van der Waals surface area contributed by atoms with Crippen LogP contribution < -0.4 is 5.32 Å². The summed E-state index contributed by atoms with van der Waals surface area (Å²) in [4.78, 5) is 30.5. The summed E-state index contributed by atoms with van der Waals surface area (Å²) in [7, 11) is 1.73. The number of rotatable bonds is 4. The number of carbonyl (C=O) groups is 2. The molecule has 0 unspecified atom stereocenters. The maximum atomic E-state index is 13.7. The minimum atomic E-state index is -4.46. The van der Waals surface area contributed by atoms with Crippen LogP contribution in [0.5, 0.6) is 0 Å². The van der Waals surface area contributed by atoms with Crippen LogP contribution >= 0.6 is 0 Å². The predicted molar refractivity (Wildman–Crippen MR) is 110 cm³/mol. The first-order valence-corrected chi connectivity index (χ1v) is 9.97. The van der Waals surface area contributed by atoms with Crippen molar-refractivity contribution in [1.29, 1.82) is 0 Å².